The summed E-state index contributed by atoms with van der Waals surface area (Å²) in [6.07, 6.45) is 3.86. The zero-order valence-corrected chi connectivity index (χ0v) is 33.1. The molecule has 0 unspecified atom stereocenters. The minimum atomic E-state index is -0.462. The predicted molar refractivity (Wildman–Crippen MR) is 244 cm³/mol. The molecular formula is C55H34N4S. The molecule has 3 heterocycles. The quantitative estimate of drug-likeness (QED) is 0.174. The molecule has 280 valence electrons. The Morgan fingerprint density at radius 1 is 0.350 bits per heavy atom. The molecule has 0 radical (unpaired) electrons. The lowest BCUT2D eigenvalue weighted by molar-refractivity contribution is 0.722. The fraction of sp³-hybridized carbons (Fsp3) is 0.0182. The van der Waals surface area contributed by atoms with Crippen LogP contribution in [-0.2, 0) is 5.41 Å². The van der Waals surface area contributed by atoms with Crippen LogP contribution in [0.4, 0.5) is 0 Å². The molecule has 0 saturated carbocycles. The summed E-state index contributed by atoms with van der Waals surface area (Å²) in [6, 6.07) is 69.6. The molecule has 1 aliphatic carbocycles. The maximum Gasteiger partial charge on any atom is 0.164 e. The molecule has 0 bridgehead atoms. The zero-order valence-electron chi connectivity index (χ0n) is 32.3. The van der Waals surface area contributed by atoms with Crippen molar-refractivity contribution in [1.82, 2.24) is 19.9 Å². The Morgan fingerprint density at radius 3 is 1.47 bits per heavy atom. The first kappa shape index (κ1) is 34.6. The summed E-state index contributed by atoms with van der Waals surface area (Å²) in [6.45, 7) is 0. The van der Waals surface area contributed by atoms with Gasteiger partial charge >= 0.3 is 0 Å². The molecule has 2 aliphatic rings. The van der Waals surface area contributed by atoms with Crippen LogP contribution in [0.2, 0.25) is 0 Å². The number of rotatable bonds is 5. The van der Waals surface area contributed by atoms with Crippen LogP contribution >= 0.6 is 11.8 Å². The Balaban J connectivity index is 1.02. The van der Waals surface area contributed by atoms with Gasteiger partial charge in [0.05, 0.1) is 5.41 Å². The van der Waals surface area contributed by atoms with Crippen LogP contribution in [-0.4, -0.2) is 19.9 Å². The third-order valence-corrected chi connectivity index (χ3v) is 13.3. The van der Waals surface area contributed by atoms with E-state index in [0.717, 1.165) is 33.2 Å². The summed E-state index contributed by atoms with van der Waals surface area (Å²) in [5, 5.41) is 2.33. The summed E-state index contributed by atoms with van der Waals surface area (Å²) < 4.78 is 0. The van der Waals surface area contributed by atoms with Crippen molar-refractivity contribution in [1.29, 1.82) is 0 Å². The molecule has 2 aromatic heterocycles. The largest absolute Gasteiger partial charge is 0.264 e. The second-order valence-corrected chi connectivity index (χ2v) is 16.5. The number of hydrogen-bond acceptors (Lipinski definition) is 5. The number of fused-ring (bicyclic) bond motifs is 10. The number of aromatic nitrogens is 4. The van der Waals surface area contributed by atoms with E-state index in [1.54, 1.807) is 0 Å². The van der Waals surface area contributed by atoms with Crippen LogP contribution < -0.4 is 0 Å². The molecule has 5 heteroatoms. The van der Waals surface area contributed by atoms with Gasteiger partial charge in [0.1, 0.15) is 0 Å². The lowest BCUT2D eigenvalue weighted by atomic mass is 9.67. The molecule has 10 aromatic rings. The third-order valence-electron chi connectivity index (χ3n) is 12.1. The normalized spacial score (nSPS) is 13.1. The van der Waals surface area contributed by atoms with Gasteiger partial charge in [-0.15, -0.1) is 0 Å². The van der Waals surface area contributed by atoms with Gasteiger partial charge in [0, 0.05) is 44.3 Å². The van der Waals surface area contributed by atoms with Crippen molar-refractivity contribution in [3.8, 4) is 67.5 Å². The van der Waals surface area contributed by atoms with Gasteiger partial charge in [-0.1, -0.05) is 176 Å². The van der Waals surface area contributed by atoms with Crippen molar-refractivity contribution >= 4 is 22.5 Å². The van der Waals surface area contributed by atoms with E-state index in [0.29, 0.717) is 17.5 Å². The Bertz CT molecular complexity index is 3180. The van der Waals surface area contributed by atoms with Crippen LogP contribution in [0.1, 0.15) is 22.3 Å². The van der Waals surface area contributed by atoms with Crippen molar-refractivity contribution in [2.45, 2.75) is 15.2 Å². The van der Waals surface area contributed by atoms with E-state index in [1.807, 2.05) is 84.8 Å². The Hall–Kier alpha value is -7.47. The summed E-state index contributed by atoms with van der Waals surface area (Å²) in [7, 11) is 0. The second kappa shape index (κ2) is 13.8. The summed E-state index contributed by atoms with van der Waals surface area (Å²) in [5.74, 6) is 1.94. The standard InChI is InChI=1S/C55H34N4S/c1-3-12-37(13-4-1)52-57-53(38-14-5-2-6-15-38)59-54(58-52)39-24-22-35(23-25-39)40-26-28-46-43(32-40)44-33-41(42-17-11-16-36-30-31-56-34-45(36)42)27-29-47(44)55(46)48-18-7-9-20-50(48)60-51-21-10-8-19-49(51)55/h1-34H. The van der Waals surface area contributed by atoms with Gasteiger partial charge in [-0.3, -0.25) is 4.98 Å². The average molecular weight is 783 g/mol. The summed E-state index contributed by atoms with van der Waals surface area (Å²) in [5.41, 5.74) is 14.8. The fourth-order valence-corrected chi connectivity index (χ4v) is 10.6. The van der Waals surface area contributed by atoms with E-state index >= 15 is 0 Å². The van der Waals surface area contributed by atoms with Gasteiger partial charge in [0.25, 0.3) is 0 Å². The highest BCUT2D eigenvalue weighted by atomic mass is 32.2. The number of pyridine rings is 1. The SMILES string of the molecule is c1ccc(-c2nc(-c3ccccc3)nc(-c3ccc(-c4ccc5c(c4)-c4cc(-c6cccc7ccncc67)ccc4C54c5ccccc5Sc5ccccc54)cc3)n2)cc1. The highest BCUT2D eigenvalue weighted by Crippen LogP contribution is 2.62. The van der Waals surface area contributed by atoms with E-state index in [4.69, 9.17) is 15.0 Å². The van der Waals surface area contributed by atoms with E-state index in [9.17, 15) is 0 Å². The third kappa shape index (κ3) is 5.40. The van der Waals surface area contributed by atoms with Crippen LogP contribution in [0, 0.1) is 0 Å². The Labute approximate surface area is 352 Å². The molecule has 4 nitrogen and oxygen atoms in total. The molecule has 0 saturated heterocycles. The second-order valence-electron chi connectivity index (χ2n) is 15.4. The first-order valence-corrected chi connectivity index (χ1v) is 21.0. The highest BCUT2D eigenvalue weighted by molar-refractivity contribution is 7.99. The van der Waals surface area contributed by atoms with Crippen molar-refractivity contribution in [2.24, 2.45) is 0 Å². The molecule has 12 rings (SSSR count). The zero-order chi connectivity index (χ0) is 39.6. The smallest absolute Gasteiger partial charge is 0.164 e. The minimum Gasteiger partial charge on any atom is -0.264 e. The first-order valence-electron chi connectivity index (χ1n) is 20.2. The molecule has 0 amide bonds. The van der Waals surface area contributed by atoms with Crippen molar-refractivity contribution in [3.05, 3.63) is 229 Å². The van der Waals surface area contributed by atoms with Gasteiger partial charge in [-0.05, 0) is 91.4 Å². The van der Waals surface area contributed by atoms with E-state index in [2.05, 4.69) is 138 Å². The van der Waals surface area contributed by atoms with Crippen molar-refractivity contribution in [2.75, 3.05) is 0 Å². The predicted octanol–water partition coefficient (Wildman–Crippen LogP) is 13.6. The average Bonchev–Trinajstić information content (AvgIpc) is 3.61. The fourth-order valence-electron chi connectivity index (χ4n) is 9.37. The lowest BCUT2D eigenvalue weighted by Gasteiger charge is -2.39. The van der Waals surface area contributed by atoms with Gasteiger partial charge in [-0.2, -0.15) is 0 Å². The topological polar surface area (TPSA) is 51.6 Å². The maximum absolute atomic E-state index is 4.98. The highest BCUT2D eigenvalue weighted by Gasteiger charge is 2.50. The van der Waals surface area contributed by atoms with Gasteiger partial charge in [0.2, 0.25) is 0 Å². The molecule has 1 aliphatic heterocycles. The van der Waals surface area contributed by atoms with Crippen LogP contribution in [0.15, 0.2) is 216 Å². The Kier molecular flexibility index (Phi) is 7.97. The summed E-state index contributed by atoms with van der Waals surface area (Å²) >= 11 is 1.87. The maximum atomic E-state index is 4.98. The molecule has 8 aromatic carbocycles. The van der Waals surface area contributed by atoms with Crippen LogP contribution in [0.25, 0.3) is 78.3 Å². The molecule has 0 N–H and O–H groups in total. The molecule has 0 fully saturated rings. The first-order chi connectivity index (χ1) is 29.7. The van der Waals surface area contributed by atoms with Crippen LogP contribution in [0.3, 0.4) is 0 Å². The van der Waals surface area contributed by atoms with E-state index in [-0.39, 0.29) is 0 Å². The molecule has 60 heavy (non-hydrogen) atoms. The van der Waals surface area contributed by atoms with E-state index in [1.165, 1.54) is 59.7 Å². The number of nitrogens with zero attached hydrogens (tertiary/aromatic N) is 4. The molecule has 1 spiro atoms. The molecular weight excluding hydrogens is 749 g/mol. The van der Waals surface area contributed by atoms with Gasteiger partial charge in [0.15, 0.2) is 17.5 Å². The van der Waals surface area contributed by atoms with Gasteiger partial charge in [-0.25, -0.2) is 15.0 Å². The minimum absolute atomic E-state index is 0.462. The Morgan fingerprint density at radius 2 is 0.850 bits per heavy atom. The molecule has 0 atom stereocenters. The van der Waals surface area contributed by atoms with Gasteiger partial charge < -0.3 is 0 Å². The number of hydrogen-bond donors (Lipinski definition) is 0. The van der Waals surface area contributed by atoms with Crippen LogP contribution in [0.5, 0.6) is 0 Å². The van der Waals surface area contributed by atoms with Crippen molar-refractivity contribution in [3.63, 3.8) is 0 Å². The van der Waals surface area contributed by atoms with Crippen molar-refractivity contribution < 1.29 is 0 Å². The van der Waals surface area contributed by atoms with E-state index < -0.39 is 5.41 Å². The monoisotopic (exact) mass is 782 g/mol. The summed E-state index contributed by atoms with van der Waals surface area (Å²) in [4.78, 5) is 22.0. The number of benzene rings is 8. The lowest BCUT2D eigenvalue weighted by Crippen LogP contribution is -2.31.